The third-order valence-corrected chi connectivity index (χ3v) is 2.69. The molecule has 1 unspecified atom stereocenters. The van der Waals surface area contributed by atoms with Crippen LogP contribution in [0, 0.1) is 5.92 Å². The predicted octanol–water partition coefficient (Wildman–Crippen LogP) is 3.28. The van der Waals surface area contributed by atoms with Crippen LogP contribution in [-0.4, -0.2) is 7.11 Å². The molecule has 0 aliphatic heterocycles. The van der Waals surface area contributed by atoms with E-state index in [0.29, 0.717) is 5.92 Å². The lowest BCUT2D eigenvalue weighted by Crippen LogP contribution is -2.08. The summed E-state index contributed by atoms with van der Waals surface area (Å²) in [6.45, 7) is 6.59. The summed E-state index contributed by atoms with van der Waals surface area (Å²) < 4.78 is 5.39. The first-order valence-electron chi connectivity index (χ1n) is 4.64. The summed E-state index contributed by atoms with van der Waals surface area (Å²) >= 11 is 0. The fourth-order valence-corrected chi connectivity index (χ4v) is 1.66. The van der Waals surface area contributed by atoms with Crippen molar-refractivity contribution in [3.63, 3.8) is 0 Å². The summed E-state index contributed by atoms with van der Waals surface area (Å²) in [5.74, 6) is 1.77. The molecule has 0 aromatic rings. The molecule has 0 radical (unpaired) electrons. The van der Waals surface area contributed by atoms with Crippen LogP contribution >= 0.6 is 0 Å². The molecule has 68 valence electrons. The molecule has 0 saturated carbocycles. The first kappa shape index (κ1) is 9.37. The van der Waals surface area contributed by atoms with E-state index in [2.05, 4.69) is 26.8 Å². The monoisotopic (exact) mass is 166 g/mol. The molecule has 0 heterocycles. The maximum atomic E-state index is 5.39. The Balaban J connectivity index is 2.95. The Hall–Kier alpha value is -0.720. The van der Waals surface area contributed by atoms with Crippen LogP contribution in [0.25, 0.3) is 0 Å². The zero-order chi connectivity index (χ0) is 9.14. The summed E-state index contributed by atoms with van der Waals surface area (Å²) in [5, 5.41) is 0. The van der Waals surface area contributed by atoms with Crippen LogP contribution in [-0.2, 0) is 4.74 Å². The average molecular weight is 166 g/mol. The number of ether oxygens (including phenoxy) is 1. The topological polar surface area (TPSA) is 9.23 Å². The minimum absolute atomic E-state index is 0.648. The van der Waals surface area contributed by atoms with E-state index in [1.165, 1.54) is 17.6 Å². The molecule has 1 nitrogen and oxygen atoms in total. The summed E-state index contributed by atoms with van der Waals surface area (Å²) in [7, 11) is 1.76. The average Bonchev–Trinajstić information content (AvgIpc) is 2.09. The van der Waals surface area contributed by atoms with Crippen molar-refractivity contribution in [3.05, 3.63) is 23.0 Å². The molecule has 0 saturated heterocycles. The van der Waals surface area contributed by atoms with E-state index in [1.54, 1.807) is 7.11 Å². The second-order valence-corrected chi connectivity index (χ2v) is 3.44. The molecule has 0 fully saturated rings. The Labute approximate surface area is 75.1 Å². The molecule has 1 aliphatic carbocycles. The summed E-state index contributed by atoms with van der Waals surface area (Å²) in [5.41, 5.74) is 2.77. The van der Waals surface area contributed by atoms with Crippen molar-refractivity contribution in [2.75, 3.05) is 7.11 Å². The standard InChI is InChI=1S/C11H18O/c1-5-10-7-6-8(2)9(3)11(10)12-4/h7-8H,5-6H2,1-4H3. The molecular formula is C11H18O. The largest absolute Gasteiger partial charge is 0.497 e. The Bertz CT molecular complexity index is 223. The van der Waals surface area contributed by atoms with E-state index >= 15 is 0 Å². The van der Waals surface area contributed by atoms with Crippen molar-refractivity contribution in [1.82, 2.24) is 0 Å². The van der Waals surface area contributed by atoms with Gasteiger partial charge < -0.3 is 4.74 Å². The highest BCUT2D eigenvalue weighted by molar-refractivity contribution is 5.34. The highest BCUT2D eigenvalue weighted by Crippen LogP contribution is 2.31. The summed E-state index contributed by atoms with van der Waals surface area (Å²) in [6, 6.07) is 0. The summed E-state index contributed by atoms with van der Waals surface area (Å²) in [6.07, 6.45) is 4.55. The third kappa shape index (κ3) is 1.55. The van der Waals surface area contributed by atoms with Crippen molar-refractivity contribution in [3.8, 4) is 0 Å². The number of hydrogen-bond donors (Lipinski definition) is 0. The van der Waals surface area contributed by atoms with Crippen molar-refractivity contribution in [2.45, 2.75) is 33.6 Å². The quantitative estimate of drug-likeness (QED) is 0.611. The van der Waals surface area contributed by atoms with E-state index in [1.807, 2.05) is 0 Å². The maximum absolute atomic E-state index is 5.39. The van der Waals surface area contributed by atoms with E-state index in [4.69, 9.17) is 4.74 Å². The number of methoxy groups -OCH3 is 1. The van der Waals surface area contributed by atoms with Crippen LogP contribution in [0.2, 0.25) is 0 Å². The van der Waals surface area contributed by atoms with Gasteiger partial charge in [0.25, 0.3) is 0 Å². The van der Waals surface area contributed by atoms with Crippen molar-refractivity contribution in [2.24, 2.45) is 5.92 Å². The molecule has 1 atom stereocenters. The Morgan fingerprint density at radius 2 is 2.25 bits per heavy atom. The van der Waals surface area contributed by atoms with Gasteiger partial charge in [0.1, 0.15) is 5.76 Å². The van der Waals surface area contributed by atoms with Gasteiger partial charge in [0.15, 0.2) is 0 Å². The highest BCUT2D eigenvalue weighted by Gasteiger charge is 2.17. The fraction of sp³-hybridized carbons (Fsp3) is 0.636. The molecule has 0 amide bonds. The number of rotatable bonds is 2. The lowest BCUT2D eigenvalue weighted by Gasteiger charge is -2.22. The van der Waals surface area contributed by atoms with E-state index < -0.39 is 0 Å². The Morgan fingerprint density at radius 1 is 1.58 bits per heavy atom. The van der Waals surface area contributed by atoms with Gasteiger partial charge in [0.05, 0.1) is 7.11 Å². The Kier molecular flexibility index (Phi) is 2.96. The molecule has 1 heteroatoms. The fourth-order valence-electron chi connectivity index (χ4n) is 1.66. The second-order valence-electron chi connectivity index (χ2n) is 3.44. The lowest BCUT2D eigenvalue weighted by molar-refractivity contribution is 0.286. The summed E-state index contributed by atoms with van der Waals surface area (Å²) in [4.78, 5) is 0. The molecule has 1 rings (SSSR count). The first-order valence-corrected chi connectivity index (χ1v) is 4.64. The van der Waals surface area contributed by atoms with Crippen LogP contribution in [0.15, 0.2) is 23.0 Å². The van der Waals surface area contributed by atoms with Crippen molar-refractivity contribution < 1.29 is 4.74 Å². The predicted molar refractivity (Wildman–Crippen MR) is 51.9 cm³/mol. The number of allylic oxidation sites excluding steroid dienone is 3. The van der Waals surface area contributed by atoms with Gasteiger partial charge in [0.2, 0.25) is 0 Å². The molecule has 1 aliphatic rings. The normalized spacial score (nSPS) is 24.0. The van der Waals surface area contributed by atoms with Gasteiger partial charge in [0, 0.05) is 0 Å². The maximum Gasteiger partial charge on any atom is 0.120 e. The van der Waals surface area contributed by atoms with Gasteiger partial charge in [-0.3, -0.25) is 0 Å². The zero-order valence-corrected chi connectivity index (χ0v) is 8.48. The highest BCUT2D eigenvalue weighted by atomic mass is 16.5. The van der Waals surface area contributed by atoms with Crippen molar-refractivity contribution in [1.29, 1.82) is 0 Å². The minimum atomic E-state index is 0.648. The Morgan fingerprint density at radius 3 is 2.75 bits per heavy atom. The van der Waals surface area contributed by atoms with Crippen LogP contribution in [0.3, 0.4) is 0 Å². The molecule has 0 aromatic carbocycles. The molecule has 0 aromatic heterocycles. The second kappa shape index (κ2) is 3.79. The smallest absolute Gasteiger partial charge is 0.120 e. The van der Waals surface area contributed by atoms with E-state index in [9.17, 15) is 0 Å². The SMILES string of the molecule is CCC1=CCC(C)C(C)=C1OC. The molecular weight excluding hydrogens is 148 g/mol. The van der Waals surface area contributed by atoms with Gasteiger partial charge >= 0.3 is 0 Å². The van der Waals surface area contributed by atoms with Gasteiger partial charge in [-0.2, -0.15) is 0 Å². The van der Waals surface area contributed by atoms with Crippen LogP contribution in [0.4, 0.5) is 0 Å². The van der Waals surface area contributed by atoms with Gasteiger partial charge in [-0.15, -0.1) is 0 Å². The first-order chi connectivity index (χ1) is 5.70. The van der Waals surface area contributed by atoms with Gasteiger partial charge in [-0.1, -0.05) is 19.9 Å². The van der Waals surface area contributed by atoms with Crippen LogP contribution in [0.1, 0.15) is 33.6 Å². The third-order valence-electron chi connectivity index (χ3n) is 2.69. The lowest BCUT2D eigenvalue weighted by atomic mass is 9.88. The van der Waals surface area contributed by atoms with Crippen LogP contribution in [0.5, 0.6) is 0 Å². The van der Waals surface area contributed by atoms with Gasteiger partial charge in [-0.25, -0.2) is 0 Å². The van der Waals surface area contributed by atoms with E-state index in [-0.39, 0.29) is 0 Å². The van der Waals surface area contributed by atoms with E-state index in [0.717, 1.165) is 12.2 Å². The molecule has 12 heavy (non-hydrogen) atoms. The minimum Gasteiger partial charge on any atom is -0.497 e. The zero-order valence-electron chi connectivity index (χ0n) is 8.48. The van der Waals surface area contributed by atoms with Crippen LogP contribution < -0.4 is 0 Å². The molecule has 0 spiro atoms. The number of hydrogen-bond acceptors (Lipinski definition) is 1. The van der Waals surface area contributed by atoms with Gasteiger partial charge in [-0.05, 0) is 36.8 Å². The molecule has 0 N–H and O–H groups in total. The molecule has 0 bridgehead atoms. The van der Waals surface area contributed by atoms with Crippen molar-refractivity contribution >= 4 is 0 Å².